The normalized spacial score (nSPS) is 17.5. The van der Waals surface area contributed by atoms with Gasteiger partial charge in [-0.3, -0.25) is 19.9 Å². The van der Waals surface area contributed by atoms with Crippen LogP contribution >= 0.6 is 11.8 Å². The molecule has 1 fully saturated rings. The summed E-state index contributed by atoms with van der Waals surface area (Å²) in [5, 5.41) is 17.2. The minimum absolute atomic E-state index is 0.255. The van der Waals surface area contributed by atoms with Crippen molar-refractivity contribution in [1.29, 1.82) is 5.26 Å². The Bertz CT molecular complexity index is 1170. The summed E-state index contributed by atoms with van der Waals surface area (Å²) in [7, 11) is 1.61. The summed E-state index contributed by atoms with van der Waals surface area (Å²) in [4.78, 5) is 38.7. The lowest BCUT2D eigenvalue weighted by Gasteiger charge is -2.34. The predicted octanol–water partition coefficient (Wildman–Crippen LogP) is 3.13. The van der Waals surface area contributed by atoms with Gasteiger partial charge < -0.3 is 14.8 Å². The molecule has 0 radical (unpaired) electrons. The van der Waals surface area contributed by atoms with Gasteiger partial charge in [0.2, 0.25) is 0 Å². The van der Waals surface area contributed by atoms with Crippen molar-refractivity contribution in [3.63, 3.8) is 0 Å². The summed E-state index contributed by atoms with van der Waals surface area (Å²) in [6, 6.07) is 3.58. The number of ether oxygens (including phenoxy) is 2. The van der Waals surface area contributed by atoms with Gasteiger partial charge in [-0.25, -0.2) is 14.8 Å². The first-order chi connectivity index (χ1) is 18.0. The molecule has 0 bridgehead atoms. The number of nitrogens with zero attached hydrogens (tertiary/aromatic N) is 5. The van der Waals surface area contributed by atoms with Crippen molar-refractivity contribution in [3.8, 4) is 5.40 Å². The molecule has 1 unspecified atom stereocenters. The Hall–Kier alpha value is -3.24. The molecule has 0 spiro atoms. The highest BCUT2D eigenvalue weighted by molar-refractivity contribution is 8.03. The van der Waals surface area contributed by atoms with Crippen molar-refractivity contribution in [1.82, 2.24) is 14.9 Å². The van der Waals surface area contributed by atoms with Crippen LogP contribution in [0.5, 0.6) is 0 Å². The highest BCUT2D eigenvalue weighted by Crippen LogP contribution is 2.30. The number of carbonyl (C=O) groups excluding carboxylic acids is 2. The van der Waals surface area contributed by atoms with Crippen LogP contribution in [-0.2, 0) is 22.4 Å². The van der Waals surface area contributed by atoms with Gasteiger partial charge in [0.1, 0.15) is 22.7 Å². The SMILES string of the molecule is COCCNc1cc(NC(=O)N2CCCc3cc(CN4CCOCC4C)c(C=O)nc32)ncc1SC#N. The molecule has 11 nitrogen and oxygen atoms in total. The third-order valence-electron chi connectivity index (χ3n) is 6.39. The molecule has 37 heavy (non-hydrogen) atoms. The number of aryl methyl sites for hydroxylation is 1. The van der Waals surface area contributed by atoms with E-state index < -0.39 is 0 Å². The van der Waals surface area contributed by atoms with Crippen LogP contribution in [0.4, 0.5) is 22.1 Å². The number of hydrogen-bond acceptors (Lipinski definition) is 10. The Labute approximate surface area is 220 Å². The number of fused-ring (bicyclic) bond motifs is 1. The molecule has 2 aliphatic heterocycles. The molecule has 0 saturated carbocycles. The summed E-state index contributed by atoms with van der Waals surface area (Å²) in [5.74, 6) is 0.840. The molecule has 4 heterocycles. The van der Waals surface area contributed by atoms with Gasteiger partial charge in [0.15, 0.2) is 6.29 Å². The second kappa shape index (κ2) is 12.8. The van der Waals surface area contributed by atoms with Crippen molar-refractivity contribution >= 4 is 41.4 Å². The molecule has 0 aliphatic carbocycles. The number of nitriles is 1. The molecular formula is C25H31N7O4S. The van der Waals surface area contributed by atoms with E-state index in [2.05, 4.69) is 32.4 Å². The van der Waals surface area contributed by atoms with Crippen LogP contribution in [0.3, 0.4) is 0 Å². The smallest absolute Gasteiger partial charge is 0.328 e. The van der Waals surface area contributed by atoms with Crippen LogP contribution < -0.4 is 15.5 Å². The van der Waals surface area contributed by atoms with Gasteiger partial charge in [-0.2, -0.15) is 5.26 Å². The van der Waals surface area contributed by atoms with Crippen LogP contribution in [0.25, 0.3) is 0 Å². The number of carbonyl (C=O) groups is 2. The number of thioether (sulfide) groups is 1. The van der Waals surface area contributed by atoms with Crippen molar-refractivity contribution in [2.24, 2.45) is 0 Å². The van der Waals surface area contributed by atoms with Gasteiger partial charge in [-0.1, -0.05) is 0 Å². The van der Waals surface area contributed by atoms with Gasteiger partial charge in [0, 0.05) is 51.6 Å². The van der Waals surface area contributed by atoms with E-state index in [0.29, 0.717) is 67.4 Å². The Kier molecular flexibility index (Phi) is 9.29. The number of rotatable bonds is 9. The maximum absolute atomic E-state index is 13.3. The van der Waals surface area contributed by atoms with Crippen molar-refractivity contribution in [3.05, 3.63) is 35.2 Å². The quantitative estimate of drug-likeness (QED) is 0.218. The first-order valence-electron chi connectivity index (χ1n) is 12.2. The second-order valence-electron chi connectivity index (χ2n) is 8.89. The largest absolute Gasteiger partial charge is 0.383 e. The fourth-order valence-electron chi connectivity index (χ4n) is 4.44. The number of anilines is 3. The van der Waals surface area contributed by atoms with Gasteiger partial charge >= 0.3 is 6.03 Å². The maximum atomic E-state index is 13.3. The average molecular weight is 526 g/mol. The molecule has 2 N–H and O–H groups in total. The molecule has 1 saturated heterocycles. The average Bonchev–Trinajstić information content (AvgIpc) is 2.90. The zero-order valence-corrected chi connectivity index (χ0v) is 21.8. The summed E-state index contributed by atoms with van der Waals surface area (Å²) >= 11 is 0.987. The second-order valence-corrected chi connectivity index (χ2v) is 9.72. The monoisotopic (exact) mass is 525 g/mol. The standard InChI is InChI=1S/C25H31N7O4S/c1-17-15-36-9-7-31(17)13-19-10-18-4-3-6-32(24(18)29-21(19)14-33)25(34)30-23-11-20(27-5-8-35-2)22(12-28-23)37-16-26/h10-12,14,17H,3-9,13,15H2,1-2H3,(H2,27,28,30,34). The highest BCUT2D eigenvalue weighted by Gasteiger charge is 2.27. The zero-order valence-electron chi connectivity index (χ0n) is 21.0. The van der Waals surface area contributed by atoms with E-state index in [-0.39, 0.29) is 12.1 Å². The van der Waals surface area contributed by atoms with Crippen molar-refractivity contribution in [2.75, 3.05) is 62.1 Å². The molecule has 2 aromatic rings. The first-order valence-corrected chi connectivity index (χ1v) is 13.0. The minimum Gasteiger partial charge on any atom is -0.383 e. The van der Waals surface area contributed by atoms with Gasteiger partial charge in [0.05, 0.1) is 30.4 Å². The fourth-order valence-corrected chi connectivity index (χ4v) is 4.89. The highest BCUT2D eigenvalue weighted by atomic mass is 32.2. The van der Waals surface area contributed by atoms with Crippen LogP contribution in [0.2, 0.25) is 0 Å². The summed E-state index contributed by atoms with van der Waals surface area (Å²) in [6.45, 7) is 6.35. The van der Waals surface area contributed by atoms with Crippen LogP contribution in [-0.4, -0.2) is 79.8 Å². The lowest BCUT2D eigenvalue weighted by molar-refractivity contribution is -0.00448. The molecule has 196 valence electrons. The minimum atomic E-state index is -0.379. The number of methoxy groups -OCH3 is 1. The molecule has 4 rings (SSSR count). The fraction of sp³-hybridized carbons (Fsp3) is 0.480. The van der Waals surface area contributed by atoms with E-state index in [4.69, 9.17) is 14.7 Å². The summed E-state index contributed by atoms with van der Waals surface area (Å²) in [6.07, 6.45) is 3.87. The van der Waals surface area contributed by atoms with E-state index in [1.54, 1.807) is 24.3 Å². The van der Waals surface area contributed by atoms with Crippen LogP contribution in [0.15, 0.2) is 23.2 Å². The predicted molar refractivity (Wildman–Crippen MR) is 141 cm³/mol. The molecule has 2 amide bonds. The molecule has 2 aromatic heterocycles. The zero-order chi connectivity index (χ0) is 26.2. The number of morpholine rings is 1. The maximum Gasteiger partial charge on any atom is 0.328 e. The van der Waals surface area contributed by atoms with E-state index >= 15 is 0 Å². The third-order valence-corrected chi connectivity index (χ3v) is 7.03. The summed E-state index contributed by atoms with van der Waals surface area (Å²) < 4.78 is 10.6. The number of aromatic nitrogens is 2. The molecule has 12 heteroatoms. The van der Waals surface area contributed by atoms with Crippen LogP contribution in [0, 0.1) is 10.7 Å². The Morgan fingerprint density at radius 2 is 2.27 bits per heavy atom. The van der Waals surface area contributed by atoms with E-state index in [1.165, 1.54) is 0 Å². The van der Waals surface area contributed by atoms with Crippen molar-refractivity contribution in [2.45, 2.75) is 37.2 Å². The Balaban J connectivity index is 1.53. The lowest BCUT2D eigenvalue weighted by Crippen LogP contribution is -2.43. The van der Waals surface area contributed by atoms with E-state index in [9.17, 15) is 9.59 Å². The number of nitrogens with one attached hydrogen (secondary N) is 2. The van der Waals surface area contributed by atoms with Crippen molar-refractivity contribution < 1.29 is 19.1 Å². The topological polar surface area (TPSA) is 133 Å². The van der Waals surface area contributed by atoms with Gasteiger partial charge in [-0.05, 0) is 48.7 Å². The number of urea groups is 1. The van der Waals surface area contributed by atoms with E-state index in [0.717, 1.165) is 48.6 Å². The molecule has 0 aromatic carbocycles. The number of thiocyanates is 1. The number of aldehydes is 1. The first kappa shape index (κ1) is 26.8. The van der Waals surface area contributed by atoms with Gasteiger partial charge in [0.25, 0.3) is 0 Å². The third kappa shape index (κ3) is 6.56. The lowest BCUT2D eigenvalue weighted by atomic mass is 10.0. The number of amides is 2. The Morgan fingerprint density at radius 3 is 3.03 bits per heavy atom. The Morgan fingerprint density at radius 1 is 1.41 bits per heavy atom. The number of pyridine rings is 2. The van der Waals surface area contributed by atoms with E-state index in [1.807, 2.05) is 11.5 Å². The molecular weight excluding hydrogens is 494 g/mol. The molecule has 2 aliphatic rings. The van der Waals surface area contributed by atoms with Crippen LogP contribution in [0.1, 0.15) is 35.0 Å². The number of hydrogen-bond donors (Lipinski definition) is 2. The van der Waals surface area contributed by atoms with Gasteiger partial charge in [-0.15, -0.1) is 0 Å². The summed E-state index contributed by atoms with van der Waals surface area (Å²) in [5.41, 5.74) is 2.83. The molecule has 1 atom stereocenters.